The molecule has 1 atom stereocenters. The first-order chi connectivity index (χ1) is 8.58. The number of carboxylic acids is 1. The summed E-state index contributed by atoms with van der Waals surface area (Å²) in [6.45, 7) is 6.17. The molecule has 0 bridgehead atoms. The number of likely N-dealkylation sites (tertiary alicyclic amines) is 1. The van der Waals surface area contributed by atoms with Crippen LogP contribution in [0.15, 0.2) is 18.2 Å². The minimum absolute atomic E-state index is 0.0323. The van der Waals surface area contributed by atoms with E-state index in [0.29, 0.717) is 0 Å². The van der Waals surface area contributed by atoms with Gasteiger partial charge in [-0.15, -0.1) is 0 Å². The smallest absolute Gasteiger partial charge is 0.305 e. The fourth-order valence-electron chi connectivity index (χ4n) is 2.77. The van der Waals surface area contributed by atoms with Crippen molar-refractivity contribution in [1.82, 2.24) is 4.90 Å². The van der Waals surface area contributed by atoms with Gasteiger partial charge in [-0.2, -0.15) is 0 Å². The van der Waals surface area contributed by atoms with Crippen molar-refractivity contribution in [2.45, 2.75) is 39.2 Å². The molecule has 1 N–H and O–H groups in total. The molecule has 1 fully saturated rings. The molecule has 0 saturated carbocycles. The van der Waals surface area contributed by atoms with E-state index < -0.39 is 5.97 Å². The van der Waals surface area contributed by atoms with Gasteiger partial charge in [-0.1, -0.05) is 23.8 Å². The molecule has 1 saturated heterocycles. The summed E-state index contributed by atoms with van der Waals surface area (Å²) < 4.78 is 0. The highest BCUT2D eigenvalue weighted by molar-refractivity contribution is 5.68. The Hall–Kier alpha value is -1.35. The monoisotopic (exact) mass is 247 g/mol. The Labute approximate surface area is 108 Å². The van der Waals surface area contributed by atoms with E-state index in [1.807, 2.05) is 0 Å². The topological polar surface area (TPSA) is 40.5 Å². The average molecular weight is 247 g/mol. The quantitative estimate of drug-likeness (QED) is 0.889. The average Bonchev–Trinajstić information content (AvgIpc) is 2.82. The van der Waals surface area contributed by atoms with E-state index in [9.17, 15) is 4.79 Å². The first-order valence-corrected chi connectivity index (χ1v) is 6.61. The van der Waals surface area contributed by atoms with Crippen LogP contribution in [0.2, 0.25) is 0 Å². The fourth-order valence-corrected chi connectivity index (χ4v) is 2.77. The van der Waals surface area contributed by atoms with Crippen LogP contribution in [-0.2, 0) is 4.79 Å². The van der Waals surface area contributed by atoms with E-state index in [2.05, 4.69) is 36.9 Å². The predicted molar refractivity (Wildman–Crippen MR) is 71.7 cm³/mol. The molecule has 98 valence electrons. The SMILES string of the molecule is Cc1ccc(C)c(C(CC(=O)O)N2CCCC2)c1. The van der Waals surface area contributed by atoms with Crippen molar-refractivity contribution >= 4 is 5.97 Å². The van der Waals surface area contributed by atoms with E-state index >= 15 is 0 Å². The standard InChI is InChI=1S/C15H21NO2/c1-11-5-6-12(2)13(9-11)14(10-15(17)18)16-7-3-4-8-16/h5-6,9,14H,3-4,7-8,10H2,1-2H3,(H,17,18). The summed E-state index contributed by atoms with van der Waals surface area (Å²) in [5.41, 5.74) is 3.57. The molecular weight excluding hydrogens is 226 g/mol. The molecule has 1 unspecified atom stereocenters. The molecule has 0 aromatic heterocycles. The molecule has 1 heterocycles. The molecule has 1 aliphatic heterocycles. The molecule has 3 heteroatoms. The molecule has 1 aliphatic rings. The molecule has 0 spiro atoms. The molecule has 0 aliphatic carbocycles. The maximum atomic E-state index is 11.1. The summed E-state index contributed by atoms with van der Waals surface area (Å²) in [5, 5.41) is 9.14. The van der Waals surface area contributed by atoms with Gasteiger partial charge in [-0.25, -0.2) is 0 Å². The second-order valence-electron chi connectivity index (χ2n) is 5.22. The van der Waals surface area contributed by atoms with Crippen molar-refractivity contribution < 1.29 is 9.90 Å². The minimum Gasteiger partial charge on any atom is -0.481 e. The van der Waals surface area contributed by atoms with E-state index in [1.165, 1.54) is 29.5 Å². The van der Waals surface area contributed by atoms with Crippen LogP contribution in [0.4, 0.5) is 0 Å². The van der Waals surface area contributed by atoms with Gasteiger partial charge in [0.1, 0.15) is 0 Å². The van der Waals surface area contributed by atoms with Crippen molar-refractivity contribution in [2.24, 2.45) is 0 Å². The number of nitrogens with zero attached hydrogens (tertiary/aromatic N) is 1. The minimum atomic E-state index is -0.715. The van der Waals surface area contributed by atoms with Crippen molar-refractivity contribution in [3.8, 4) is 0 Å². The second-order valence-corrected chi connectivity index (χ2v) is 5.22. The Morgan fingerprint density at radius 1 is 1.33 bits per heavy atom. The number of hydrogen-bond acceptors (Lipinski definition) is 2. The van der Waals surface area contributed by atoms with Crippen LogP contribution in [0.25, 0.3) is 0 Å². The van der Waals surface area contributed by atoms with Crippen LogP contribution in [-0.4, -0.2) is 29.1 Å². The number of benzene rings is 1. The maximum absolute atomic E-state index is 11.1. The number of rotatable bonds is 4. The van der Waals surface area contributed by atoms with E-state index in [0.717, 1.165) is 13.1 Å². The van der Waals surface area contributed by atoms with Crippen molar-refractivity contribution in [1.29, 1.82) is 0 Å². The number of hydrogen-bond donors (Lipinski definition) is 1. The Bertz CT molecular complexity index is 436. The Balaban J connectivity index is 2.31. The zero-order valence-corrected chi connectivity index (χ0v) is 11.1. The first-order valence-electron chi connectivity index (χ1n) is 6.61. The Kier molecular flexibility index (Phi) is 4.02. The lowest BCUT2D eigenvalue weighted by molar-refractivity contribution is -0.138. The summed E-state index contributed by atoms with van der Waals surface area (Å²) in [6, 6.07) is 6.35. The number of aliphatic carboxylic acids is 1. The summed E-state index contributed by atoms with van der Waals surface area (Å²) in [5.74, 6) is -0.715. The van der Waals surface area contributed by atoms with Gasteiger partial charge in [0.15, 0.2) is 0 Å². The molecule has 18 heavy (non-hydrogen) atoms. The highest BCUT2D eigenvalue weighted by Gasteiger charge is 2.26. The van der Waals surface area contributed by atoms with Gasteiger partial charge in [0.25, 0.3) is 0 Å². The van der Waals surface area contributed by atoms with Crippen LogP contribution < -0.4 is 0 Å². The van der Waals surface area contributed by atoms with Crippen LogP contribution in [0.3, 0.4) is 0 Å². The van der Waals surface area contributed by atoms with Crippen molar-refractivity contribution in [3.05, 3.63) is 34.9 Å². The Morgan fingerprint density at radius 2 is 2.00 bits per heavy atom. The largest absolute Gasteiger partial charge is 0.481 e. The molecule has 2 rings (SSSR count). The third-order valence-electron chi connectivity index (χ3n) is 3.74. The normalized spacial score (nSPS) is 17.9. The number of carboxylic acid groups (broad SMARTS) is 1. The van der Waals surface area contributed by atoms with E-state index in [1.54, 1.807) is 0 Å². The molecule has 3 nitrogen and oxygen atoms in total. The van der Waals surface area contributed by atoms with E-state index in [-0.39, 0.29) is 12.5 Å². The lowest BCUT2D eigenvalue weighted by Gasteiger charge is -2.28. The number of carbonyl (C=O) groups is 1. The van der Waals surface area contributed by atoms with Gasteiger partial charge in [0.2, 0.25) is 0 Å². The van der Waals surface area contributed by atoms with E-state index in [4.69, 9.17) is 5.11 Å². The van der Waals surface area contributed by atoms with Crippen molar-refractivity contribution in [2.75, 3.05) is 13.1 Å². The van der Waals surface area contributed by atoms with Crippen LogP contribution in [0, 0.1) is 13.8 Å². The fraction of sp³-hybridized carbons (Fsp3) is 0.533. The maximum Gasteiger partial charge on any atom is 0.305 e. The van der Waals surface area contributed by atoms with Crippen LogP contribution in [0.5, 0.6) is 0 Å². The lowest BCUT2D eigenvalue weighted by atomic mass is 9.95. The van der Waals surface area contributed by atoms with Crippen LogP contribution in [0.1, 0.15) is 42.0 Å². The second kappa shape index (κ2) is 5.53. The first kappa shape index (κ1) is 13.1. The predicted octanol–water partition coefficient (Wildman–Crippen LogP) is 2.92. The van der Waals surface area contributed by atoms with Gasteiger partial charge in [0, 0.05) is 6.04 Å². The molecule has 0 amide bonds. The zero-order valence-electron chi connectivity index (χ0n) is 11.1. The van der Waals surface area contributed by atoms with Gasteiger partial charge in [-0.05, 0) is 50.9 Å². The molecule has 0 radical (unpaired) electrons. The highest BCUT2D eigenvalue weighted by atomic mass is 16.4. The molecular formula is C15H21NO2. The van der Waals surface area contributed by atoms with Crippen LogP contribution >= 0.6 is 0 Å². The van der Waals surface area contributed by atoms with Crippen molar-refractivity contribution in [3.63, 3.8) is 0 Å². The highest BCUT2D eigenvalue weighted by Crippen LogP contribution is 2.30. The molecule has 1 aromatic rings. The lowest BCUT2D eigenvalue weighted by Crippen LogP contribution is -2.28. The molecule has 1 aromatic carbocycles. The summed E-state index contributed by atoms with van der Waals surface area (Å²) in [7, 11) is 0. The summed E-state index contributed by atoms with van der Waals surface area (Å²) >= 11 is 0. The third-order valence-corrected chi connectivity index (χ3v) is 3.74. The zero-order chi connectivity index (χ0) is 13.1. The third kappa shape index (κ3) is 2.91. The van der Waals surface area contributed by atoms with Gasteiger partial charge in [-0.3, -0.25) is 9.69 Å². The van der Waals surface area contributed by atoms with Gasteiger partial charge < -0.3 is 5.11 Å². The van der Waals surface area contributed by atoms with Gasteiger partial charge in [0.05, 0.1) is 6.42 Å². The Morgan fingerprint density at radius 3 is 2.61 bits per heavy atom. The summed E-state index contributed by atoms with van der Waals surface area (Å²) in [4.78, 5) is 13.4. The summed E-state index contributed by atoms with van der Waals surface area (Å²) in [6.07, 6.45) is 2.56. The van der Waals surface area contributed by atoms with Gasteiger partial charge >= 0.3 is 5.97 Å². The number of aryl methyl sites for hydroxylation is 2.